The van der Waals surface area contributed by atoms with Gasteiger partial charge in [-0.15, -0.1) is 0 Å². The number of carbonyl (C=O) groups is 2. The second-order valence-electron chi connectivity index (χ2n) is 6.52. The maximum absolute atomic E-state index is 11.9. The number of ketones is 1. The zero-order valence-corrected chi connectivity index (χ0v) is 11.9. The highest BCUT2D eigenvalue weighted by atomic mass is 16.3. The van der Waals surface area contributed by atoms with Crippen LogP contribution in [0.4, 0.5) is 4.79 Å². The molecule has 2 N–H and O–H groups in total. The molecule has 3 aliphatic rings. The number of Topliss-reactive ketones (excluding diaryl/α,β-unsaturated/α-hetero) is 1. The van der Waals surface area contributed by atoms with Gasteiger partial charge in [0.25, 0.3) is 0 Å². The van der Waals surface area contributed by atoms with E-state index in [1.807, 2.05) is 0 Å². The van der Waals surface area contributed by atoms with E-state index in [1.54, 1.807) is 4.90 Å². The van der Waals surface area contributed by atoms with Crippen LogP contribution in [0.5, 0.6) is 0 Å². The summed E-state index contributed by atoms with van der Waals surface area (Å²) in [5.74, 6) is 0.633. The molecule has 2 amide bonds. The maximum atomic E-state index is 11.9. The van der Waals surface area contributed by atoms with Crippen molar-refractivity contribution >= 4 is 11.8 Å². The van der Waals surface area contributed by atoms with Gasteiger partial charge in [0.15, 0.2) is 0 Å². The Kier molecular flexibility index (Phi) is 3.96. The minimum atomic E-state index is -0.306. The molecule has 3 atom stereocenters. The quantitative estimate of drug-likeness (QED) is 0.818. The van der Waals surface area contributed by atoms with Crippen LogP contribution in [0, 0.1) is 5.92 Å². The van der Waals surface area contributed by atoms with Crippen LogP contribution in [0.25, 0.3) is 0 Å². The average molecular weight is 280 g/mol. The molecule has 5 heteroatoms. The minimum absolute atomic E-state index is 0.00169. The van der Waals surface area contributed by atoms with Crippen molar-refractivity contribution < 1.29 is 14.7 Å². The third kappa shape index (κ3) is 2.68. The van der Waals surface area contributed by atoms with Crippen molar-refractivity contribution in [3.8, 4) is 0 Å². The summed E-state index contributed by atoms with van der Waals surface area (Å²) in [5, 5.41) is 13.2. The van der Waals surface area contributed by atoms with Crippen molar-refractivity contribution in [2.75, 3.05) is 6.54 Å². The zero-order chi connectivity index (χ0) is 14.1. The van der Waals surface area contributed by atoms with Crippen LogP contribution in [0.3, 0.4) is 0 Å². The molecule has 0 bridgehead atoms. The number of amides is 2. The Labute approximate surface area is 119 Å². The van der Waals surface area contributed by atoms with Crippen molar-refractivity contribution in [1.29, 1.82) is 0 Å². The topological polar surface area (TPSA) is 69.6 Å². The van der Waals surface area contributed by atoms with E-state index in [0.29, 0.717) is 31.7 Å². The first-order valence-electron chi connectivity index (χ1n) is 7.92. The predicted octanol–water partition coefficient (Wildman–Crippen LogP) is 1.44. The maximum Gasteiger partial charge on any atom is 0.318 e. The first-order valence-corrected chi connectivity index (χ1v) is 7.92. The standard InChI is InChI=1S/C15H24N2O3/c18-11-8-12-13(9-11)17(15(20)16-12)7-6-14(19)10-4-2-1-3-5-10/h10,12-14,19H,1-9H2,(H,16,20)/t12-,13+,14?/m0/s1. The summed E-state index contributed by atoms with van der Waals surface area (Å²) >= 11 is 0. The van der Waals surface area contributed by atoms with Gasteiger partial charge < -0.3 is 15.3 Å². The van der Waals surface area contributed by atoms with Crippen molar-refractivity contribution in [3.63, 3.8) is 0 Å². The Morgan fingerprint density at radius 1 is 1.20 bits per heavy atom. The Morgan fingerprint density at radius 3 is 2.70 bits per heavy atom. The predicted molar refractivity (Wildman–Crippen MR) is 74.3 cm³/mol. The first-order chi connectivity index (χ1) is 9.65. The van der Waals surface area contributed by atoms with Crippen LogP contribution in [-0.2, 0) is 4.79 Å². The van der Waals surface area contributed by atoms with Gasteiger partial charge >= 0.3 is 6.03 Å². The number of urea groups is 1. The summed E-state index contributed by atoms with van der Waals surface area (Å²) < 4.78 is 0. The summed E-state index contributed by atoms with van der Waals surface area (Å²) in [6.07, 6.45) is 7.20. The van der Waals surface area contributed by atoms with Crippen LogP contribution in [-0.4, -0.2) is 46.6 Å². The lowest BCUT2D eigenvalue weighted by atomic mass is 9.84. The van der Waals surface area contributed by atoms with Crippen molar-refractivity contribution in [1.82, 2.24) is 10.2 Å². The average Bonchev–Trinajstić information content (AvgIpc) is 2.92. The summed E-state index contributed by atoms with van der Waals surface area (Å²) in [6, 6.07) is -0.0428. The van der Waals surface area contributed by atoms with Gasteiger partial charge in [0.1, 0.15) is 5.78 Å². The highest BCUT2D eigenvalue weighted by Crippen LogP contribution is 2.30. The van der Waals surface area contributed by atoms with E-state index in [1.165, 1.54) is 19.3 Å². The Hall–Kier alpha value is -1.10. The van der Waals surface area contributed by atoms with Gasteiger partial charge in [-0.25, -0.2) is 4.79 Å². The molecule has 3 fully saturated rings. The molecule has 5 nitrogen and oxygen atoms in total. The molecule has 1 saturated heterocycles. The molecule has 2 aliphatic carbocycles. The SMILES string of the molecule is O=C1C[C@@H]2NC(=O)N(CCC(O)C3CCCCC3)[C@@H]2C1. The summed E-state index contributed by atoms with van der Waals surface area (Å²) in [7, 11) is 0. The normalized spacial score (nSPS) is 32.4. The van der Waals surface area contributed by atoms with Crippen LogP contribution < -0.4 is 5.32 Å². The van der Waals surface area contributed by atoms with E-state index in [-0.39, 0.29) is 30.0 Å². The number of hydrogen-bond acceptors (Lipinski definition) is 3. The van der Waals surface area contributed by atoms with Gasteiger partial charge in [-0.2, -0.15) is 0 Å². The van der Waals surface area contributed by atoms with Crippen molar-refractivity contribution in [3.05, 3.63) is 0 Å². The molecular weight excluding hydrogens is 256 g/mol. The lowest BCUT2D eigenvalue weighted by Gasteiger charge is -2.29. The lowest BCUT2D eigenvalue weighted by molar-refractivity contribution is -0.117. The number of carbonyl (C=O) groups excluding carboxylic acids is 2. The summed E-state index contributed by atoms with van der Waals surface area (Å²) in [4.78, 5) is 25.1. The van der Waals surface area contributed by atoms with Crippen molar-refractivity contribution in [2.45, 2.75) is 69.6 Å². The fourth-order valence-corrected chi connectivity index (χ4v) is 4.00. The lowest BCUT2D eigenvalue weighted by Crippen LogP contribution is -2.37. The number of nitrogens with zero attached hydrogens (tertiary/aromatic N) is 1. The minimum Gasteiger partial charge on any atom is -0.393 e. The molecule has 0 aromatic rings. The molecule has 0 aromatic carbocycles. The molecule has 0 aromatic heterocycles. The third-order valence-electron chi connectivity index (χ3n) is 5.18. The van der Waals surface area contributed by atoms with Gasteiger partial charge in [0.2, 0.25) is 0 Å². The zero-order valence-electron chi connectivity index (χ0n) is 11.9. The first kappa shape index (κ1) is 13.9. The van der Waals surface area contributed by atoms with Crippen LogP contribution in [0.2, 0.25) is 0 Å². The number of fused-ring (bicyclic) bond motifs is 1. The monoisotopic (exact) mass is 280 g/mol. The fraction of sp³-hybridized carbons (Fsp3) is 0.867. The summed E-state index contributed by atoms with van der Waals surface area (Å²) in [5.41, 5.74) is 0. The number of aliphatic hydroxyl groups excluding tert-OH is 1. The Bertz CT molecular complexity index is 393. The third-order valence-corrected chi connectivity index (χ3v) is 5.18. The number of hydrogen-bond donors (Lipinski definition) is 2. The highest BCUT2D eigenvalue weighted by molar-refractivity contribution is 5.88. The number of aliphatic hydroxyl groups is 1. The molecule has 0 spiro atoms. The smallest absolute Gasteiger partial charge is 0.318 e. The van der Waals surface area contributed by atoms with E-state index in [9.17, 15) is 14.7 Å². The van der Waals surface area contributed by atoms with Gasteiger partial charge in [0.05, 0.1) is 18.2 Å². The van der Waals surface area contributed by atoms with Gasteiger partial charge in [-0.3, -0.25) is 4.79 Å². The molecule has 20 heavy (non-hydrogen) atoms. The second kappa shape index (κ2) is 5.72. The summed E-state index contributed by atoms with van der Waals surface area (Å²) in [6.45, 7) is 0.567. The largest absolute Gasteiger partial charge is 0.393 e. The van der Waals surface area contributed by atoms with Gasteiger partial charge in [-0.1, -0.05) is 19.3 Å². The Morgan fingerprint density at radius 2 is 1.95 bits per heavy atom. The molecule has 1 unspecified atom stereocenters. The van der Waals surface area contributed by atoms with E-state index in [4.69, 9.17) is 0 Å². The molecule has 1 heterocycles. The van der Waals surface area contributed by atoms with Crippen molar-refractivity contribution in [2.24, 2.45) is 5.92 Å². The van der Waals surface area contributed by atoms with E-state index in [2.05, 4.69) is 5.32 Å². The molecular formula is C15H24N2O3. The van der Waals surface area contributed by atoms with Crippen LogP contribution >= 0.6 is 0 Å². The van der Waals surface area contributed by atoms with Crippen LogP contribution in [0.1, 0.15) is 51.4 Å². The molecule has 112 valence electrons. The fourth-order valence-electron chi connectivity index (χ4n) is 4.00. The molecule has 2 saturated carbocycles. The molecule has 1 aliphatic heterocycles. The van der Waals surface area contributed by atoms with E-state index >= 15 is 0 Å². The van der Waals surface area contributed by atoms with Gasteiger partial charge in [-0.05, 0) is 25.2 Å². The highest BCUT2D eigenvalue weighted by Gasteiger charge is 2.45. The Balaban J connectivity index is 1.52. The number of nitrogens with one attached hydrogen (secondary N) is 1. The van der Waals surface area contributed by atoms with Gasteiger partial charge in [0, 0.05) is 19.4 Å². The number of rotatable bonds is 4. The second-order valence-corrected chi connectivity index (χ2v) is 6.52. The molecule has 3 rings (SSSR count). The van der Waals surface area contributed by atoms with E-state index in [0.717, 1.165) is 12.8 Å². The van der Waals surface area contributed by atoms with Crippen LogP contribution in [0.15, 0.2) is 0 Å². The van der Waals surface area contributed by atoms with E-state index < -0.39 is 0 Å². The molecule has 0 radical (unpaired) electrons.